The molecule has 0 radical (unpaired) electrons. The third-order valence-corrected chi connectivity index (χ3v) is 4.21. The Bertz CT molecular complexity index is 376. The molecule has 0 aromatic rings. The summed E-state index contributed by atoms with van der Waals surface area (Å²) in [5.74, 6) is 0.374. The van der Waals surface area contributed by atoms with Gasteiger partial charge in [-0.15, -0.1) is 0 Å². The highest BCUT2D eigenvalue weighted by atomic mass is 16.4. The van der Waals surface area contributed by atoms with E-state index in [1.165, 1.54) is 12.8 Å². The van der Waals surface area contributed by atoms with E-state index in [9.17, 15) is 9.59 Å². The Labute approximate surface area is 127 Å². The first-order valence-corrected chi connectivity index (χ1v) is 8.22. The quantitative estimate of drug-likeness (QED) is 0.687. The number of amides is 2. The monoisotopic (exact) mass is 296 g/mol. The molecule has 21 heavy (non-hydrogen) atoms. The average molecular weight is 296 g/mol. The number of rotatable bonds is 9. The Morgan fingerprint density at radius 1 is 1.24 bits per heavy atom. The molecule has 2 N–H and O–H groups in total. The normalized spacial score (nSPS) is 19.4. The number of hydrogen-bond donors (Lipinski definition) is 2. The highest BCUT2D eigenvalue weighted by Gasteiger charge is 2.36. The molecule has 5 nitrogen and oxygen atoms in total. The molecule has 2 aliphatic carbocycles. The van der Waals surface area contributed by atoms with Crippen LogP contribution in [0.1, 0.15) is 52.4 Å². The predicted octanol–water partition coefficient (Wildman–Crippen LogP) is 2.71. The molecule has 2 saturated carbocycles. The van der Waals surface area contributed by atoms with E-state index in [2.05, 4.69) is 19.2 Å². The standard InChI is InChI=1S/C16H28N2O3/c1-11(2)7-13(8-15(19)20)9-17-16(21)18(14-5-6-14)10-12-3-4-12/h11-14H,3-10H2,1-2H3,(H,17,21)(H,19,20). The number of hydrogen-bond acceptors (Lipinski definition) is 2. The fourth-order valence-electron chi connectivity index (χ4n) is 2.85. The molecule has 1 atom stereocenters. The van der Waals surface area contributed by atoms with Crippen LogP contribution in [0.4, 0.5) is 4.79 Å². The SMILES string of the molecule is CC(C)CC(CNC(=O)N(CC1CC1)C1CC1)CC(=O)O. The molecule has 0 aromatic heterocycles. The molecule has 0 aromatic carbocycles. The van der Waals surface area contributed by atoms with E-state index in [1.807, 2.05) is 4.90 Å². The van der Waals surface area contributed by atoms with Gasteiger partial charge in [0.15, 0.2) is 0 Å². The lowest BCUT2D eigenvalue weighted by Gasteiger charge is -2.25. The van der Waals surface area contributed by atoms with Crippen molar-refractivity contribution in [3.8, 4) is 0 Å². The van der Waals surface area contributed by atoms with Crippen LogP contribution in [0.25, 0.3) is 0 Å². The molecular formula is C16H28N2O3. The van der Waals surface area contributed by atoms with Crippen molar-refractivity contribution in [1.29, 1.82) is 0 Å². The van der Waals surface area contributed by atoms with Crippen molar-refractivity contribution in [2.45, 2.75) is 58.4 Å². The molecule has 2 aliphatic rings. The van der Waals surface area contributed by atoms with Gasteiger partial charge in [0, 0.05) is 25.6 Å². The van der Waals surface area contributed by atoms with Crippen LogP contribution in [0.5, 0.6) is 0 Å². The molecule has 0 spiro atoms. The van der Waals surface area contributed by atoms with Crippen molar-refractivity contribution < 1.29 is 14.7 Å². The fourth-order valence-corrected chi connectivity index (χ4v) is 2.85. The van der Waals surface area contributed by atoms with Crippen LogP contribution < -0.4 is 5.32 Å². The van der Waals surface area contributed by atoms with E-state index in [0.717, 1.165) is 25.8 Å². The lowest BCUT2D eigenvalue weighted by atomic mass is 9.94. The summed E-state index contributed by atoms with van der Waals surface area (Å²) in [5, 5.41) is 11.9. The number of aliphatic carboxylic acids is 1. The smallest absolute Gasteiger partial charge is 0.317 e. The number of nitrogens with zero attached hydrogens (tertiary/aromatic N) is 1. The van der Waals surface area contributed by atoms with Gasteiger partial charge in [-0.3, -0.25) is 4.79 Å². The van der Waals surface area contributed by atoms with Gasteiger partial charge in [-0.1, -0.05) is 13.8 Å². The first-order valence-electron chi connectivity index (χ1n) is 8.22. The van der Waals surface area contributed by atoms with Crippen molar-refractivity contribution >= 4 is 12.0 Å². The van der Waals surface area contributed by atoms with Crippen LogP contribution in [-0.4, -0.2) is 41.1 Å². The van der Waals surface area contributed by atoms with Gasteiger partial charge in [0.25, 0.3) is 0 Å². The van der Waals surface area contributed by atoms with Crippen LogP contribution in [0.3, 0.4) is 0 Å². The summed E-state index contributed by atoms with van der Waals surface area (Å²) in [6.07, 6.45) is 5.68. The molecule has 0 saturated heterocycles. The predicted molar refractivity (Wildman–Crippen MR) is 81.0 cm³/mol. The van der Waals surface area contributed by atoms with Crippen LogP contribution in [0.2, 0.25) is 0 Å². The van der Waals surface area contributed by atoms with Crippen molar-refractivity contribution in [3.63, 3.8) is 0 Å². The second-order valence-corrected chi connectivity index (χ2v) is 7.11. The highest BCUT2D eigenvalue weighted by molar-refractivity contribution is 5.75. The van der Waals surface area contributed by atoms with E-state index < -0.39 is 5.97 Å². The number of carboxylic acids is 1. The zero-order valence-corrected chi connectivity index (χ0v) is 13.2. The summed E-state index contributed by atoms with van der Waals surface area (Å²) in [7, 11) is 0. The topological polar surface area (TPSA) is 69.6 Å². The molecule has 0 heterocycles. The van der Waals surface area contributed by atoms with Crippen LogP contribution in [0.15, 0.2) is 0 Å². The second-order valence-electron chi connectivity index (χ2n) is 7.11. The van der Waals surface area contributed by atoms with Gasteiger partial charge >= 0.3 is 12.0 Å². The van der Waals surface area contributed by atoms with Gasteiger partial charge in [0.2, 0.25) is 0 Å². The maximum absolute atomic E-state index is 12.3. The average Bonchev–Trinajstić information content (AvgIpc) is 3.24. The summed E-state index contributed by atoms with van der Waals surface area (Å²) in [4.78, 5) is 25.2. The minimum absolute atomic E-state index is 0.00328. The van der Waals surface area contributed by atoms with Crippen LogP contribution in [0, 0.1) is 17.8 Å². The van der Waals surface area contributed by atoms with E-state index in [0.29, 0.717) is 24.4 Å². The Morgan fingerprint density at radius 3 is 2.38 bits per heavy atom. The van der Waals surface area contributed by atoms with Crippen molar-refractivity contribution in [2.24, 2.45) is 17.8 Å². The zero-order valence-electron chi connectivity index (χ0n) is 13.2. The summed E-state index contributed by atoms with van der Waals surface area (Å²) in [5.41, 5.74) is 0. The van der Waals surface area contributed by atoms with Gasteiger partial charge in [0.05, 0.1) is 0 Å². The highest BCUT2D eigenvalue weighted by Crippen LogP contribution is 2.34. The Kier molecular flexibility index (Phi) is 5.48. The Balaban J connectivity index is 1.79. The molecule has 2 rings (SSSR count). The van der Waals surface area contributed by atoms with Gasteiger partial charge in [-0.2, -0.15) is 0 Å². The maximum Gasteiger partial charge on any atom is 0.317 e. The van der Waals surface area contributed by atoms with E-state index in [-0.39, 0.29) is 18.4 Å². The Morgan fingerprint density at radius 2 is 1.90 bits per heavy atom. The summed E-state index contributed by atoms with van der Waals surface area (Å²) < 4.78 is 0. The van der Waals surface area contributed by atoms with Gasteiger partial charge in [-0.25, -0.2) is 4.79 Å². The van der Waals surface area contributed by atoms with Gasteiger partial charge in [0.1, 0.15) is 0 Å². The first-order chi connectivity index (χ1) is 9.95. The van der Waals surface area contributed by atoms with Crippen LogP contribution in [-0.2, 0) is 4.79 Å². The molecule has 0 bridgehead atoms. The van der Waals surface area contributed by atoms with E-state index in [1.54, 1.807) is 0 Å². The molecule has 1 unspecified atom stereocenters. The Hall–Kier alpha value is -1.26. The third kappa shape index (κ3) is 5.94. The fraction of sp³-hybridized carbons (Fsp3) is 0.875. The number of carboxylic acid groups (broad SMARTS) is 1. The molecule has 120 valence electrons. The number of urea groups is 1. The number of carbonyl (C=O) groups is 2. The largest absolute Gasteiger partial charge is 0.481 e. The lowest BCUT2D eigenvalue weighted by molar-refractivity contribution is -0.138. The molecule has 2 amide bonds. The maximum atomic E-state index is 12.3. The second kappa shape index (κ2) is 7.14. The molecule has 0 aliphatic heterocycles. The minimum atomic E-state index is -0.785. The summed E-state index contributed by atoms with van der Waals surface area (Å²) in [6.45, 7) is 5.52. The van der Waals surface area contributed by atoms with Gasteiger partial charge in [-0.05, 0) is 49.9 Å². The summed E-state index contributed by atoms with van der Waals surface area (Å²) >= 11 is 0. The minimum Gasteiger partial charge on any atom is -0.481 e. The van der Waals surface area contributed by atoms with Crippen LogP contribution >= 0.6 is 0 Å². The third-order valence-electron chi connectivity index (χ3n) is 4.21. The van der Waals surface area contributed by atoms with E-state index >= 15 is 0 Å². The molecule has 5 heteroatoms. The summed E-state index contributed by atoms with van der Waals surface area (Å²) in [6, 6.07) is 0.428. The zero-order chi connectivity index (χ0) is 15.4. The van der Waals surface area contributed by atoms with E-state index in [4.69, 9.17) is 5.11 Å². The van der Waals surface area contributed by atoms with Crippen molar-refractivity contribution in [3.05, 3.63) is 0 Å². The van der Waals surface area contributed by atoms with Crippen molar-refractivity contribution in [2.75, 3.05) is 13.1 Å². The first kappa shape index (κ1) is 16.1. The van der Waals surface area contributed by atoms with Gasteiger partial charge < -0.3 is 15.3 Å². The van der Waals surface area contributed by atoms with Crippen molar-refractivity contribution in [1.82, 2.24) is 10.2 Å². The number of nitrogens with one attached hydrogen (secondary N) is 1. The lowest BCUT2D eigenvalue weighted by Crippen LogP contribution is -2.44. The molecular weight excluding hydrogens is 268 g/mol. The molecule has 2 fully saturated rings. The number of carbonyl (C=O) groups excluding carboxylic acids is 1.